The van der Waals surface area contributed by atoms with E-state index >= 15 is 0 Å². The first-order valence-electron chi connectivity index (χ1n) is 9.91. The number of benzene rings is 1. The molecular formula is C21H30N4OS2. The first kappa shape index (κ1) is 21.0. The fourth-order valence-corrected chi connectivity index (χ4v) is 5.00. The lowest BCUT2D eigenvalue weighted by molar-refractivity contribution is 0.174. The minimum Gasteiger partial charge on any atom is -0.357 e. The highest BCUT2D eigenvalue weighted by Gasteiger charge is 2.19. The summed E-state index contributed by atoms with van der Waals surface area (Å²) in [5.41, 5.74) is 1.12. The molecule has 0 amide bonds. The zero-order valence-corrected chi connectivity index (χ0v) is 18.2. The number of piperazine rings is 1. The maximum Gasteiger partial charge on any atom is 0.194 e. The van der Waals surface area contributed by atoms with Crippen molar-refractivity contribution in [2.75, 3.05) is 45.0 Å². The van der Waals surface area contributed by atoms with Crippen molar-refractivity contribution < 1.29 is 4.21 Å². The van der Waals surface area contributed by atoms with Crippen LogP contribution in [0.3, 0.4) is 0 Å². The summed E-state index contributed by atoms with van der Waals surface area (Å²) in [5.74, 6) is 2.16. The SMILES string of the molecule is CCNC(=NCCS(=O)Cc1ccccc1)N1CCN(Cc2cccs2)CC1. The molecule has 2 heterocycles. The Balaban J connectivity index is 1.45. The fourth-order valence-electron chi connectivity index (χ4n) is 3.25. The van der Waals surface area contributed by atoms with Gasteiger partial charge in [-0.1, -0.05) is 36.4 Å². The number of hydrogen-bond donors (Lipinski definition) is 1. The minimum absolute atomic E-state index is 0.594. The van der Waals surface area contributed by atoms with Crippen LogP contribution in [0.25, 0.3) is 0 Å². The first-order valence-corrected chi connectivity index (χ1v) is 12.3. The van der Waals surface area contributed by atoms with Crippen molar-refractivity contribution in [3.05, 3.63) is 58.3 Å². The molecule has 1 aromatic heterocycles. The lowest BCUT2D eigenvalue weighted by atomic mass is 10.2. The summed E-state index contributed by atoms with van der Waals surface area (Å²) in [4.78, 5) is 11.0. The van der Waals surface area contributed by atoms with Crippen molar-refractivity contribution in [3.63, 3.8) is 0 Å². The van der Waals surface area contributed by atoms with E-state index in [0.29, 0.717) is 18.1 Å². The molecule has 0 spiro atoms. The summed E-state index contributed by atoms with van der Waals surface area (Å²) in [7, 11) is -0.881. The Morgan fingerprint density at radius 1 is 1.14 bits per heavy atom. The highest BCUT2D eigenvalue weighted by atomic mass is 32.2. The van der Waals surface area contributed by atoms with Crippen LogP contribution in [0.15, 0.2) is 52.8 Å². The van der Waals surface area contributed by atoms with Gasteiger partial charge in [-0.25, -0.2) is 0 Å². The van der Waals surface area contributed by atoms with Crippen LogP contribution in [0.1, 0.15) is 17.4 Å². The Kier molecular flexibility index (Phi) is 8.51. The van der Waals surface area contributed by atoms with Crippen LogP contribution in [-0.4, -0.2) is 65.0 Å². The second-order valence-electron chi connectivity index (χ2n) is 6.85. The van der Waals surface area contributed by atoms with Gasteiger partial charge in [-0.2, -0.15) is 0 Å². The third-order valence-electron chi connectivity index (χ3n) is 4.72. The van der Waals surface area contributed by atoms with Gasteiger partial charge in [0.2, 0.25) is 0 Å². The van der Waals surface area contributed by atoms with Crippen molar-refractivity contribution in [3.8, 4) is 0 Å². The molecule has 152 valence electrons. The van der Waals surface area contributed by atoms with Gasteiger partial charge in [-0.05, 0) is 23.9 Å². The summed E-state index contributed by atoms with van der Waals surface area (Å²) in [5, 5.41) is 5.54. The van der Waals surface area contributed by atoms with Crippen LogP contribution in [0.5, 0.6) is 0 Å². The molecule has 1 unspecified atom stereocenters. The average molecular weight is 419 g/mol. The van der Waals surface area contributed by atoms with Crippen molar-refractivity contribution in [1.82, 2.24) is 15.1 Å². The summed E-state index contributed by atoms with van der Waals surface area (Å²) >= 11 is 1.83. The highest BCUT2D eigenvalue weighted by molar-refractivity contribution is 7.84. The second-order valence-corrected chi connectivity index (χ2v) is 9.46. The maximum atomic E-state index is 12.3. The predicted octanol–water partition coefficient (Wildman–Crippen LogP) is 2.78. The summed E-state index contributed by atoms with van der Waals surface area (Å²) in [6.07, 6.45) is 0. The van der Waals surface area contributed by atoms with Crippen LogP contribution in [0, 0.1) is 0 Å². The molecule has 3 rings (SSSR count). The van der Waals surface area contributed by atoms with Crippen LogP contribution >= 0.6 is 11.3 Å². The van der Waals surface area contributed by atoms with E-state index in [4.69, 9.17) is 4.99 Å². The van der Waals surface area contributed by atoms with Gasteiger partial charge in [0.1, 0.15) is 0 Å². The Morgan fingerprint density at radius 2 is 1.93 bits per heavy atom. The summed E-state index contributed by atoms with van der Waals surface area (Å²) < 4.78 is 12.3. The molecule has 7 heteroatoms. The number of guanidine groups is 1. The Hall–Kier alpha value is -1.70. The largest absolute Gasteiger partial charge is 0.357 e. The monoisotopic (exact) mass is 418 g/mol. The van der Waals surface area contributed by atoms with Gasteiger partial charge in [0.25, 0.3) is 0 Å². The number of aliphatic imine (C=N–C) groups is 1. The van der Waals surface area contributed by atoms with Crippen molar-refractivity contribution in [2.24, 2.45) is 4.99 Å². The van der Waals surface area contributed by atoms with E-state index in [1.54, 1.807) is 0 Å². The van der Waals surface area contributed by atoms with Gasteiger partial charge < -0.3 is 10.2 Å². The van der Waals surface area contributed by atoms with Gasteiger partial charge >= 0.3 is 0 Å². The van der Waals surface area contributed by atoms with Crippen molar-refractivity contribution in [1.29, 1.82) is 0 Å². The lowest BCUT2D eigenvalue weighted by Crippen LogP contribution is -2.52. The van der Waals surface area contributed by atoms with Gasteiger partial charge in [-0.3, -0.25) is 14.1 Å². The van der Waals surface area contributed by atoms with Crippen LogP contribution < -0.4 is 5.32 Å². The Bertz CT molecular complexity index is 741. The zero-order valence-electron chi connectivity index (χ0n) is 16.5. The average Bonchev–Trinajstić information content (AvgIpc) is 3.22. The Labute approximate surface area is 174 Å². The van der Waals surface area contributed by atoms with Gasteiger partial charge in [0, 0.05) is 66.5 Å². The molecule has 2 aromatic rings. The number of rotatable bonds is 8. The van der Waals surface area contributed by atoms with E-state index in [1.807, 2.05) is 41.7 Å². The first-order chi connectivity index (χ1) is 13.7. The molecule has 0 bridgehead atoms. The van der Waals surface area contributed by atoms with E-state index in [0.717, 1.165) is 50.8 Å². The molecule has 28 heavy (non-hydrogen) atoms. The second kappa shape index (κ2) is 11.3. The standard InChI is InChI=1S/C21H30N4OS2/c1-2-22-21(23-10-16-28(26)18-19-7-4-3-5-8-19)25-13-11-24(12-14-25)17-20-9-6-15-27-20/h3-9,15H,2,10-14,16-18H2,1H3,(H,22,23). The maximum absolute atomic E-state index is 12.3. The highest BCUT2D eigenvalue weighted by Crippen LogP contribution is 2.13. The molecule has 1 aliphatic heterocycles. The molecule has 1 aromatic carbocycles. The van der Waals surface area contributed by atoms with Gasteiger partial charge in [0.05, 0.1) is 6.54 Å². The van der Waals surface area contributed by atoms with Crippen molar-refractivity contribution in [2.45, 2.75) is 19.2 Å². The number of hydrogen-bond acceptors (Lipinski definition) is 4. The van der Waals surface area contributed by atoms with Gasteiger partial charge in [-0.15, -0.1) is 11.3 Å². The summed E-state index contributed by atoms with van der Waals surface area (Å²) in [6, 6.07) is 14.4. The minimum atomic E-state index is -0.881. The molecule has 1 saturated heterocycles. The normalized spacial score (nSPS) is 16.9. The van der Waals surface area contributed by atoms with E-state index in [9.17, 15) is 4.21 Å². The number of nitrogens with zero attached hydrogens (tertiary/aromatic N) is 3. The molecule has 5 nitrogen and oxygen atoms in total. The van der Waals surface area contributed by atoms with Crippen molar-refractivity contribution >= 4 is 28.1 Å². The van der Waals surface area contributed by atoms with Crippen LogP contribution in [0.4, 0.5) is 0 Å². The summed E-state index contributed by atoms with van der Waals surface area (Å²) in [6.45, 7) is 8.62. The quantitative estimate of drug-likeness (QED) is 0.529. The molecule has 1 aliphatic rings. The molecule has 1 N–H and O–H groups in total. The smallest absolute Gasteiger partial charge is 0.194 e. The van der Waals surface area contributed by atoms with E-state index in [1.165, 1.54) is 4.88 Å². The number of nitrogens with one attached hydrogen (secondary N) is 1. The third-order valence-corrected chi connectivity index (χ3v) is 6.87. The molecule has 1 fully saturated rings. The fraction of sp³-hybridized carbons (Fsp3) is 0.476. The van der Waals surface area contributed by atoms with Crippen LogP contribution in [-0.2, 0) is 23.1 Å². The molecule has 0 radical (unpaired) electrons. The topological polar surface area (TPSA) is 47.9 Å². The Morgan fingerprint density at radius 3 is 2.61 bits per heavy atom. The third kappa shape index (κ3) is 6.72. The van der Waals surface area contributed by atoms with Crippen LogP contribution in [0.2, 0.25) is 0 Å². The predicted molar refractivity (Wildman–Crippen MR) is 120 cm³/mol. The zero-order chi connectivity index (χ0) is 19.6. The molecule has 0 saturated carbocycles. The molecular weight excluding hydrogens is 388 g/mol. The number of thiophene rings is 1. The van der Waals surface area contributed by atoms with E-state index in [2.05, 4.69) is 39.6 Å². The lowest BCUT2D eigenvalue weighted by Gasteiger charge is -2.36. The molecule has 0 aliphatic carbocycles. The van der Waals surface area contributed by atoms with Gasteiger partial charge in [0.15, 0.2) is 5.96 Å². The molecule has 1 atom stereocenters. The van der Waals surface area contributed by atoms with E-state index < -0.39 is 10.8 Å². The van der Waals surface area contributed by atoms with E-state index in [-0.39, 0.29) is 0 Å².